The van der Waals surface area contributed by atoms with Crippen molar-refractivity contribution >= 4 is 5.91 Å². The quantitative estimate of drug-likeness (QED) is 0.570. The van der Waals surface area contributed by atoms with Crippen LogP contribution in [0, 0.1) is 0 Å². The molecule has 166 valence electrons. The number of carbonyl (C=O) groups excluding carboxylic acids is 1. The Morgan fingerprint density at radius 2 is 1.81 bits per heavy atom. The fourth-order valence-electron chi connectivity index (χ4n) is 3.59. The highest BCUT2D eigenvalue weighted by atomic mass is 19.4. The number of alkyl halides is 4. The van der Waals surface area contributed by atoms with E-state index >= 15 is 4.39 Å². The molecule has 1 amide bonds. The SMILES string of the molecule is O=C(c1cccnc1-c1ccncn1)N1CCC(F)(Cc2cnc(C(F)(F)F)cn2)CC1. The monoisotopic (exact) mass is 446 g/mol. The highest BCUT2D eigenvalue weighted by Gasteiger charge is 2.38. The fourth-order valence-corrected chi connectivity index (χ4v) is 3.59. The number of halogens is 4. The Balaban J connectivity index is 1.43. The summed E-state index contributed by atoms with van der Waals surface area (Å²) in [5.41, 5.74) is -1.40. The van der Waals surface area contributed by atoms with Crippen molar-refractivity contribution in [2.24, 2.45) is 0 Å². The summed E-state index contributed by atoms with van der Waals surface area (Å²) in [6.45, 7) is 0.309. The molecule has 1 aliphatic heterocycles. The number of aromatic nitrogens is 5. The molecule has 0 radical (unpaired) electrons. The van der Waals surface area contributed by atoms with Crippen molar-refractivity contribution in [3.05, 3.63) is 66.3 Å². The molecule has 1 saturated heterocycles. The first-order chi connectivity index (χ1) is 15.3. The molecule has 0 N–H and O–H groups in total. The normalized spacial score (nSPS) is 16.1. The van der Waals surface area contributed by atoms with Crippen LogP contribution in [0.5, 0.6) is 0 Å². The maximum absolute atomic E-state index is 15.3. The molecule has 0 saturated carbocycles. The summed E-state index contributed by atoms with van der Waals surface area (Å²) in [7, 11) is 0. The van der Waals surface area contributed by atoms with E-state index in [0.717, 1.165) is 6.20 Å². The van der Waals surface area contributed by atoms with Crippen molar-refractivity contribution in [1.82, 2.24) is 29.8 Å². The highest BCUT2D eigenvalue weighted by Crippen LogP contribution is 2.32. The minimum atomic E-state index is -4.60. The van der Waals surface area contributed by atoms with Gasteiger partial charge in [-0.1, -0.05) is 0 Å². The number of amides is 1. The van der Waals surface area contributed by atoms with Gasteiger partial charge in [-0.05, 0) is 31.0 Å². The lowest BCUT2D eigenvalue weighted by Crippen LogP contribution is -2.45. The molecule has 4 heterocycles. The summed E-state index contributed by atoms with van der Waals surface area (Å²) in [5, 5.41) is 0. The van der Waals surface area contributed by atoms with Crippen molar-refractivity contribution in [2.75, 3.05) is 13.1 Å². The van der Waals surface area contributed by atoms with Crippen LogP contribution >= 0.6 is 0 Å². The Labute approximate surface area is 180 Å². The van der Waals surface area contributed by atoms with E-state index in [9.17, 15) is 18.0 Å². The van der Waals surface area contributed by atoms with E-state index in [4.69, 9.17) is 0 Å². The van der Waals surface area contributed by atoms with Crippen LogP contribution in [0.3, 0.4) is 0 Å². The Morgan fingerprint density at radius 1 is 1.03 bits per heavy atom. The van der Waals surface area contributed by atoms with E-state index in [1.165, 1.54) is 11.2 Å². The van der Waals surface area contributed by atoms with Crippen LogP contribution in [0.1, 0.15) is 34.6 Å². The van der Waals surface area contributed by atoms with Crippen molar-refractivity contribution in [3.8, 4) is 11.4 Å². The number of piperidine rings is 1. The lowest BCUT2D eigenvalue weighted by Gasteiger charge is -2.36. The average molecular weight is 446 g/mol. The van der Waals surface area contributed by atoms with Crippen molar-refractivity contribution in [1.29, 1.82) is 0 Å². The summed E-state index contributed by atoms with van der Waals surface area (Å²) >= 11 is 0. The largest absolute Gasteiger partial charge is 0.434 e. The second kappa shape index (κ2) is 8.56. The predicted octanol–water partition coefficient (Wildman–Crippen LogP) is 3.53. The molecule has 0 atom stereocenters. The van der Waals surface area contributed by atoms with Crippen LogP contribution in [-0.4, -0.2) is 54.5 Å². The first kappa shape index (κ1) is 21.7. The number of pyridine rings is 1. The summed E-state index contributed by atoms with van der Waals surface area (Å²) in [5.74, 6) is -0.289. The van der Waals surface area contributed by atoms with E-state index in [2.05, 4.69) is 24.9 Å². The number of rotatable bonds is 4. The maximum atomic E-state index is 15.3. The third kappa shape index (κ3) is 4.71. The molecule has 0 bridgehead atoms. The minimum absolute atomic E-state index is 0.0323. The van der Waals surface area contributed by atoms with Crippen LogP contribution in [0.4, 0.5) is 17.6 Å². The molecule has 32 heavy (non-hydrogen) atoms. The first-order valence-corrected chi connectivity index (χ1v) is 9.83. The molecular formula is C21H18F4N6O. The second-order valence-electron chi connectivity index (χ2n) is 7.50. The van der Waals surface area contributed by atoms with Gasteiger partial charge < -0.3 is 4.90 Å². The molecule has 0 aromatic carbocycles. The van der Waals surface area contributed by atoms with Crippen LogP contribution in [0.25, 0.3) is 11.4 Å². The topological polar surface area (TPSA) is 84.8 Å². The molecule has 0 unspecified atom stereocenters. The third-order valence-electron chi connectivity index (χ3n) is 5.30. The Kier molecular flexibility index (Phi) is 5.81. The van der Waals surface area contributed by atoms with E-state index in [-0.39, 0.29) is 44.0 Å². The second-order valence-corrected chi connectivity index (χ2v) is 7.50. The number of likely N-dealkylation sites (tertiary alicyclic amines) is 1. The Morgan fingerprint density at radius 3 is 2.44 bits per heavy atom. The van der Waals surface area contributed by atoms with E-state index in [0.29, 0.717) is 23.1 Å². The molecule has 4 rings (SSSR count). The molecule has 0 spiro atoms. The van der Waals surface area contributed by atoms with Crippen LogP contribution in [0.2, 0.25) is 0 Å². The van der Waals surface area contributed by atoms with Crippen LogP contribution in [-0.2, 0) is 12.6 Å². The lowest BCUT2D eigenvalue weighted by atomic mass is 9.88. The van der Waals surface area contributed by atoms with Gasteiger partial charge in [0.1, 0.15) is 17.7 Å². The number of carbonyl (C=O) groups is 1. The lowest BCUT2D eigenvalue weighted by molar-refractivity contribution is -0.141. The summed E-state index contributed by atoms with van der Waals surface area (Å²) < 4.78 is 53.2. The average Bonchev–Trinajstić information content (AvgIpc) is 2.79. The zero-order chi connectivity index (χ0) is 22.8. The van der Waals surface area contributed by atoms with Crippen molar-refractivity contribution in [3.63, 3.8) is 0 Å². The highest BCUT2D eigenvalue weighted by molar-refractivity contribution is 5.99. The number of hydrogen-bond donors (Lipinski definition) is 0. The van der Waals surface area contributed by atoms with Gasteiger partial charge in [-0.15, -0.1) is 0 Å². The molecule has 3 aromatic rings. The van der Waals surface area contributed by atoms with Gasteiger partial charge in [0.25, 0.3) is 5.91 Å². The van der Waals surface area contributed by atoms with Gasteiger partial charge in [0, 0.05) is 38.1 Å². The number of hydrogen-bond acceptors (Lipinski definition) is 6. The minimum Gasteiger partial charge on any atom is -0.338 e. The number of nitrogens with zero attached hydrogens (tertiary/aromatic N) is 6. The van der Waals surface area contributed by atoms with Gasteiger partial charge in [-0.25, -0.2) is 19.3 Å². The standard InChI is InChI=1S/C21H18F4N6O/c22-20(10-14-11-29-17(12-28-14)21(23,24)25)4-8-31(9-5-20)19(32)15-2-1-6-27-18(15)16-3-7-26-13-30-16/h1-3,6-7,11-13H,4-5,8-10H2. The zero-order valence-electron chi connectivity index (χ0n) is 16.8. The summed E-state index contributed by atoms with van der Waals surface area (Å²) in [6.07, 6.45) is 1.33. The smallest absolute Gasteiger partial charge is 0.338 e. The van der Waals surface area contributed by atoms with E-state index < -0.39 is 17.5 Å². The molecule has 3 aromatic heterocycles. The fraction of sp³-hybridized carbons (Fsp3) is 0.333. The maximum Gasteiger partial charge on any atom is 0.434 e. The van der Waals surface area contributed by atoms with E-state index in [1.807, 2.05) is 0 Å². The first-order valence-electron chi connectivity index (χ1n) is 9.83. The molecule has 1 fully saturated rings. The van der Waals surface area contributed by atoms with Gasteiger partial charge in [0.15, 0.2) is 5.69 Å². The van der Waals surface area contributed by atoms with Gasteiger partial charge in [-0.3, -0.25) is 14.8 Å². The van der Waals surface area contributed by atoms with Gasteiger partial charge in [0.05, 0.1) is 23.1 Å². The summed E-state index contributed by atoms with van der Waals surface area (Å²) in [4.78, 5) is 33.9. The van der Waals surface area contributed by atoms with Crippen molar-refractivity contribution in [2.45, 2.75) is 31.1 Å². The van der Waals surface area contributed by atoms with E-state index in [1.54, 1.807) is 30.6 Å². The predicted molar refractivity (Wildman–Crippen MR) is 105 cm³/mol. The molecule has 0 aliphatic carbocycles. The molecule has 7 nitrogen and oxygen atoms in total. The molecular weight excluding hydrogens is 428 g/mol. The summed E-state index contributed by atoms with van der Waals surface area (Å²) in [6, 6.07) is 4.93. The van der Waals surface area contributed by atoms with Gasteiger partial charge in [0.2, 0.25) is 0 Å². The third-order valence-corrected chi connectivity index (χ3v) is 5.30. The Hall–Kier alpha value is -3.50. The zero-order valence-corrected chi connectivity index (χ0v) is 16.8. The van der Waals surface area contributed by atoms with Gasteiger partial charge >= 0.3 is 6.18 Å². The molecule has 11 heteroatoms. The van der Waals surface area contributed by atoms with Crippen molar-refractivity contribution < 1.29 is 22.4 Å². The van der Waals surface area contributed by atoms with Gasteiger partial charge in [-0.2, -0.15) is 13.2 Å². The molecule has 1 aliphatic rings. The van der Waals surface area contributed by atoms with Crippen LogP contribution in [0.15, 0.2) is 49.3 Å². The Bertz CT molecular complexity index is 1080. The van der Waals surface area contributed by atoms with Crippen LogP contribution < -0.4 is 0 Å².